The van der Waals surface area contributed by atoms with E-state index in [4.69, 9.17) is 5.26 Å². The number of nitrogens with zero attached hydrogens (tertiary/aromatic N) is 1. The van der Waals surface area contributed by atoms with Gasteiger partial charge in [-0.1, -0.05) is 0 Å². The highest BCUT2D eigenvalue weighted by Crippen LogP contribution is 2.08. The Morgan fingerprint density at radius 3 is 3.14 bits per heavy atom. The molecule has 1 saturated heterocycles. The van der Waals surface area contributed by atoms with E-state index in [2.05, 4.69) is 16.7 Å². The van der Waals surface area contributed by atoms with Crippen molar-refractivity contribution < 1.29 is 4.79 Å². The summed E-state index contributed by atoms with van der Waals surface area (Å²) in [4.78, 5) is 11.4. The van der Waals surface area contributed by atoms with Gasteiger partial charge in [-0.2, -0.15) is 5.26 Å². The Balaban J connectivity index is 2.12. The number of nitrogens with one attached hydrogen (secondary N) is 2. The number of amides is 1. The third-order valence-corrected chi connectivity index (χ3v) is 2.42. The summed E-state index contributed by atoms with van der Waals surface area (Å²) in [5.74, 6) is -0.0537. The highest BCUT2D eigenvalue weighted by Gasteiger charge is 2.17. The van der Waals surface area contributed by atoms with Crippen molar-refractivity contribution in [2.75, 3.05) is 13.1 Å². The maximum absolute atomic E-state index is 11.4. The molecule has 1 amide bonds. The second-order valence-electron chi connectivity index (χ2n) is 3.83. The molecule has 0 aromatic heterocycles. The first-order valence-corrected chi connectivity index (χ1v) is 5.12. The van der Waals surface area contributed by atoms with Gasteiger partial charge in [0.1, 0.15) is 0 Å². The Kier molecular flexibility index (Phi) is 4.41. The maximum atomic E-state index is 11.4. The van der Waals surface area contributed by atoms with E-state index >= 15 is 0 Å². The lowest BCUT2D eigenvalue weighted by Gasteiger charge is -2.10. The molecule has 0 bridgehead atoms. The van der Waals surface area contributed by atoms with Crippen molar-refractivity contribution in [3.8, 4) is 6.07 Å². The molecule has 78 valence electrons. The second kappa shape index (κ2) is 5.61. The highest BCUT2D eigenvalue weighted by molar-refractivity contribution is 5.76. The van der Waals surface area contributed by atoms with Crippen LogP contribution in [0, 0.1) is 17.2 Å². The Hall–Kier alpha value is -1.08. The molecular weight excluding hydrogens is 178 g/mol. The first-order chi connectivity index (χ1) is 6.72. The van der Waals surface area contributed by atoms with Gasteiger partial charge in [-0.3, -0.25) is 4.79 Å². The number of rotatable bonds is 4. The molecule has 1 rings (SSSR count). The van der Waals surface area contributed by atoms with Gasteiger partial charge in [0.15, 0.2) is 0 Å². The summed E-state index contributed by atoms with van der Waals surface area (Å²) < 4.78 is 0. The fraction of sp³-hybridized carbons (Fsp3) is 0.800. The van der Waals surface area contributed by atoms with E-state index in [0.29, 0.717) is 19.0 Å². The lowest BCUT2D eigenvalue weighted by atomic mass is 10.1. The van der Waals surface area contributed by atoms with Crippen molar-refractivity contribution in [1.82, 2.24) is 10.6 Å². The Morgan fingerprint density at radius 1 is 1.79 bits per heavy atom. The molecule has 1 heterocycles. The molecule has 0 spiro atoms. The topological polar surface area (TPSA) is 64.9 Å². The van der Waals surface area contributed by atoms with Crippen LogP contribution in [0.5, 0.6) is 0 Å². The zero-order valence-electron chi connectivity index (χ0n) is 8.55. The minimum absolute atomic E-state index is 0.0477. The molecule has 1 aliphatic rings. The van der Waals surface area contributed by atoms with E-state index in [-0.39, 0.29) is 11.8 Å². The molecule has 2 N–H and O–H groups in total. The van der Waals surface area contributed by atoms with E-state index in [9.17, 15) is 4.79 Å². The average Bonchev–Trinajstić information content (AvgIpc) is 2.66. The fourth-order valence-electron chi connectivity index (χ4n) is 1.54. The third kappa shape index (κ3) is 3.75. The molecule has 2 unspecified atom stereocenters. The van der Waals surface area contributed by atoms with Gasteiger partial charge in [0.2, 0.25) is 5.91 Å². The largest absolute Gasteiger partial charge is 0.355 e. The van der Waals surface area contributed by atoms with Gasteiger partial charge < -0.3 is 10.6 Å². The van der Waals surface area contributed by atoms with Gasteiger partial charge in [0.25, 0.3) is 0 Å². The van der Waals surface area contributed by atoms with Crippen LogP contribution in [-0.2, 0) is 4.79 Å². The van der Waals surface area contributed by atoms with Crippen LogP contribution in [0.3, 0.4) is 0 Å². The lowest BCUT2D eigenvalue weighted by molar-refractivity contribution is -0.121. The molecule has 4 nitrogen and oxygen atoms in total. The summed E-state index contributed by atoms with van der Waals surface area (Å²) in [7, 11) is 0. The summed E-state index contributed by atoms with van der Waals surface area (Å²) in [5, 5.41) is 14.5. The molecule has 0 aromatic carbocycles. The summed E-state index contributed by atoms with van der Waals surface area (Å²) in [6.07, 6.45) is 2.78. The second-order valence-corrected chi connectivity index (χ2v) is 3.83. The van der Waals surface area contributed by atoms with Crippen LogP contribution in [0.1, 0.15) is 26.2 Å². The van der Waals surface area contributed by atoms with E-state index in [0.717, 1.165) is 19.4 Å². The molecular formula is C10H17N3O. The van der Waals surface area contributed by atoms with Gasteiger partial charge in [0.05, 0.1) is 12.0 Å². The van der Waals surface area contributed by atoms with Gasteiger partial charge >= 0.3 is 0 Å². The lowest BCUT2D eigenvalue weighted by Crippen LogP contribution is -2.33. The Labute approximate surface area is 84.7 Å². The normalized spacial score (nSPS) is 22.7. The standard InChI is InChI=1S/C10H17N3O/c1-8(6-11)7-13-10(14)5-9-3-2-4-12-9/h8-9,12H,2-5,7H2,1H3,(H,13,14). The Morgan fingerprint density at radius 2 is 2.57 bits per heavy atom. The number of nitriles is 1. The minimum Gasteiger partial charge on any atom is -0.355 e. The molecule has 4 heteroatoms. The number of carbonyl (C=O) groups excluding carboxylic acids is 1. The summed E-state index contributed by atoms with van der Waals surface area (Å²) >= 11 is 0. The predicted molar refractivity (Wildman–Crippen MR) is 53.4 cm³/mol. The maximum Gasteiger partial charge on any atom is 0.221 e. The van der Waals surface area contributed by atoms with Crippen LogP contribution in [0.25, 0.3) is 0 Å². The van der Waals surface area contributed by atoms with E-state index in [1.165, 1.54) is 0 Å². The van der Waals surface area contributed by atoms with Gasteiger partial charge in [-0.05, 0) is 26.3 Å². The smallest absolute Gasteiger partial charge is 0.221 e. The van der Waals surface area contributed by atoms with Crippen LogP contribution in [0.2, 0.25) is 0 Å². The molecule has 0 aliphatic carbocycles. The SMILES string of the molecule is CC(C#N)CNC(=O)CC1CCCN1. The minimum atomic E-state index is -0.101. The van der Waals surface area contributed by atoms with E-state index in [1.807, 2.05) is 0 Å². The van der Waals surface area contributed by atoms with Crippen LogP contribution in [0.4, 0.5) is 0 Å². The van der Waals surface area contributed by atoms with Crippen LogP contribution in [-0.4, -0.2) is 25.0 Å². The van der Waals surface area contributed by atoms with Gasteiger partial charge in [0, 0.05) is 19.0 Å². The molecule has 2 atom stereocenters. The number of hydrogen-bond acceptors (Lipinski definition) is 3. The zero-order chi connectivity index (χ0) is 10.4. The Bertz CT molecular complexity index is 228. The van der Waals surface area contributed by atoms with Gasteiger partial charge in [-0.25, -0.2) is 0 Å². The van der Waals surface area contributed by atoms with Crippen LogP contribution < -0.4 is 10.6 Å². The van der Waals surface area contributed by atoms with Crippen molar-refractivity contribution in [2.45, 2.75) is 32.2 Å². The van der Waals surface area contributed by atoms with Gasteiger partial charge in [-0.15, -0.1) is 0 Å². The van der Waals surface area contributed by atoms with Crippen molar-refractivity contribution in [3.63, 3.8) is 0 Å². The van der Waals surface area contributed by atoms with Crippen molar-refractivity contribution in [1.29, 1.82) is 5.26 Å². The highest BCUT2D eigenvalue weighted by atomic mass is 16.1. The molecule has 0 saturated carbocycles. The molecule has 0 aromatic rings. The summed E-state index contributed by atoms with van der Waals surface area (Å²) in [6, 6.07) is 2.42. The van der Waals surface area contributed by atoms with Crippen LogP contribution >= 0.6 is 0 Å². The first-order valence-electron chi connectivity index (χ1n) is 5.12. The molecule has 1 aliphatic heterocycles. The quantitative estimate of drug-likeness (QED) is 0.682. The predicted octanol–water partition coefficient (Wildman–Crippen LogP) is 0.404. The molecule has 1 fully saturated rings. The van der Waals surface area contributed by atoms with Crippen molar-refractivity contribution in [2.24, 2.45) is 5.92 Å². The fourth-order valence-corrected chi connectivity index (χ4v) is 1.54. The monoisotopic (exact) mass is 195 g/mol. The van der Waals surface area contributed by atoms with Crippen LogP contribution in [0.15, 0.2) is 0 Å². The van der Waals surface area contributed by atoms with E-state index < -0.39 is 0 Å². The van der Waals surface area contributed by atoms with E-state index in [1.54, 1.807) is 6.92 Å². The third-order valence-electron chi connectivity index (χ3n) is 2.42. The summed E-state index contributed by atoms with van der Waals surface area (Å²) in [5.41, 5.74) is 0. The average molecular weight is 195 g/mol. The molecule has 0 radical (unpaired) electrons. The number of hydrogen-bond donors (Lipinski definition) is 2. The number of carbonyl (C=O) groups is 1. The van der Waals surface area contributed by atoms with Crippen molar-refractivity contribution in [3.05, 3.63) is 0 Å². The van der Waals surface area contributed by atoms with Crippen molar-refractivity contribution >= 4 is 5.91 Å². The zero-order valence-corrected chi connectivity index (χ0v) is 8.55. The molecule has 14 heavy (non-hydrogen) atoms. The summed E-state index contributed by atoms with van der Waals surface area (Å²) in [6.45, 7) is 3.28. The first kappa shape index (κ1) is 11.0.